The molecule has 0 aliphatic heterocycles. The predicted molar refractivity (Wildman–Crippen MR) is 62.2 cm³/mol. The van der Waals surface area contributed by atoms with E-state index < -0.39 is 0 Å². The summed E-state index contributed by atoms with van der Waals surface area (Å²) in [5, 5.41) is 0. The topological polar surface area (TPSA) is 26.9 Å². The lowest BCUT2D eigenvalue weighted by Gasteiger charge is -2.20. The first-order chi connectivity index (χ1) is 6.93. The van der Waals surface area contributed by atoms with E-state index in [1.807, 2.05) is 56.7 Å². The second kappa shape index (κ2) is 2.99. The molecule has 1 aromatic carbocycles. The third kappa shape index (κ3) is 1.39. The Morgan fingerprint density at radius 2 is 1.60 bits per heavy atom. The quantitative estimate of drug-likeness (QED) is 0.645. The van der Waals surface area contributed by atoms with E-state index in [2.05, 4.69) is 0 Å². The van der Waals surface area contributed by atoms with E-state index in [1.54, 1.807) is 4.57 Å². The van der Waals surface area contributed by atoms with Crippen LogP contribution in [0.2, 0.25) is 0 Å². The average Bonchev–Trinajstić information content (AvgIpc) is 2.39. The monoisotopic (exact) mass is 204 g/mol. The van der Waals surface area contributed by atoms with Crippen LogP contribution in [0.25, 0.3) is 11.0 Å². The molecule has 2 rings (SSSR count). The van der Waals surface area contributed by atoms with Gasteiger partial charge in [-0.05, 0) is 32.9 Å². The lowest BCUT2D eigenvalue weighted by atomic mass is 10.1. The molecule has 3 heteroatoms. The zero-order chi connectivity index (χ0) is 11.2. The number of aryl methyl sites for hydroxylation is 1. The highest BCUT2D eigenvalue weighted by molar-refractivity contribution is 5.76. The minimum atomic E-state index is -0.183. The molecule has 0 aliphatic carbocycles. The molecule has 0 atom stereocenters. The number of hydrogen-bond acceptors (Lipinski definition) is 1. The Kier molecular flexibility index (Phi) is 2.00. The molecule has 0 saturated heterocycles. The number of hydrogen-bond donors (Lipinski definition) is 0. The van der Waals surface area contributed by atoms with Gasteiger partial charge >= 0.3 is 5.69 Å². The lowest BCUT2D eigenvalue weighted by molar-refractivity contribution is 0.392. The van der Waals surface area contributed by atoms with Crippen molar-refractivity contribution in [3.05, 3.63) is 34.7 Å². The highest BCUT2D eigenvalue weighted by Crippen LogP contribution is 2.19. The van der Waals surface area contributed by atoms with Crippen LogP contribution in [0.15, 0.2) is 29.1 Å². The first-order valence-electron chi connectivity index (χ1n) is 5.10. The summed E-state index contributed by atoms with van der Waals surface area (Å²) in [6.45, 7) is 6.13. The summed E-state index contributed by atoms with van der Waals surface area (Å²) < 4.78 is 3.53. The Morgan fingerprint density at radius 1 is 1.07 bits per heavy atom. The van der Waals surface area contributed by atoms with Crippen molar-refractivity contribution < 1.29 is 0 Å². The van der Waals surface area contributed by atoms with E-state index in [1.165, 1.54) is 0 Å². The van der Waals surface area contributed by atoms with Crippen LogP contribution >= 0.6 is 0 Å². The van der Waals surface area contributed by atoms with Gasteiger partial charge in [0.25, 0.3) is 0 Å². The molecule has 1 heterocycles. The van der Waals surface area contributed by atoms with Crippen LogP contribution in [0, 0.1) is 0 Å². The van der Waals surface area contributed by atoms with Gasteiger partial charge in [-0.3, -0.25) is 9.13 Å². The Morgan fingerprint density at radius 3 is 2.13 bits per heavy atom. The van der Waals surface area contributed by atoms with Crippen molar-refractivity contribution in [2.24, 2.45) is 7.05 Å². The second-order valence-electron chi connectivity index (χ2n) is 4.84. The van der Waals surface area contributed by atoms with Crippen molar-refractivity contribution in [3.8, 4) is 0 Å². The van der Waals surface area contributed by atoms with Gasteiger partial charge in [0.2, 0.25) is 0 Å². The maximum Gasteiger partial charge on any atom is 0.329 e. The molecule has 0 N–H and O–H groups in total. The minimum Gasteiger partial charge on any atom is -0.295 e. The van der Waals surface area contributed by atoms with Crippen molar-refractivity contribution in [1.82, 2.24) is 9.13 Å². The highest BCUT2D eigenvalue weighted by Gasteiger charge is 2.20. The maximum absolute atomic E-state index is 12.1. The van der Waals surface area contributed by atoms with E-state index in [-0.39, 0.29) is 11.2 Å². The molecule has 0 spiro atoms. The van der Waals surface area contributed by atoms with Gasteiger partial charge < -0.3 is 0 Å². The Balaban J connectivity index is 2.97. The molecule has 0 unspecified atom stereocenters. The van der Waals surface area contributed by atoms with Crippen LogP contribution in [0.4, 0.5) is 0 Å². The maximum atomic E-state index is 12.1. The molecule has 0 aliphatic rings. The number of nitrogens with zero attached hydrogens (tertiary/aromatic N) is 2. The summed E-state index contributed by atoms with van der Waals surface area (Å²) in [6, 6.07) is 7.87. The normalized spacial score (nSPS) is 12.3. The largest absolute Gasteiger partial charge is 0.329 e. The molecule has 15 heavy (non-hydrogen) atoms. The summed E-state index contributed by atoms with van der Waals surface area (Å²) in [7, 11) is 1.81. The van der Waals surface area contributed by atoms with E-state index in [0.717, 1.165) is 11.0 Å². The SMILES string of the molecule is Cn1c(=O)n(C(C)(C)C)c2ccccc21. The Hall–Kier alpha value is -1.51. The van der Waals surface area contributed by atoms with Crippen molar-refractivity contribution in [2.45, 2.75) is 26.3 Å². The van der Waals surface area contributed by atoms with E-state index >= 15 is 0 Å². The standard InChI is InChI=1S/C12H16N2O/c1-12(2,3)14-10-8-6-5-7-9(10)13(4)11(14)15/h5-8H,1-4H3. The molecule has 0 amide bonds. The molecule has 3 nitrogen and oxygen atoms in total. The van der Waals surface area contributed by atoms with Gasteiger partial charge in [-0.2, -0.15) is 0 Å². The number of fused-ring (bicyclic) bond motifs is 1. The number of aromatic nitrogens is 2. The number of benzene rings is 1. The number of imidazole rings is 1. The van der Waals surface area contributed by atoms with Gasteiger partial charge in [-0.1, -0.05) is 12.1 Å². The summed E-state index contributed by atoms with van der Waals surface area (Å²) in [4.78, 5) is 12.1. The minimum absolute atomic E-state index is 0.0451. The molecule has 0 fully saturated rings. The van der Waals surface area contributed by atoms with Crippen LogP contribution in [-0.4, -0.2) is 9.13 Å². The van der Waals surface area contributed by atoms with E-state index in [9.17, 15) is 4.79 Å². The Labute approximate surface area is 88.9 Å². The molecule has 0 radical (unpaired) electrons. The van der Waals surface area contributed by atoms with Crippen LogP contribution in [0.5, 0.6) is 0 Å². The van der Waals surface area contributed by atoms with Crippen LogP contribution in [0.1, 0.15) is 20.8 Å². The summed E-state index contributed by atoms with van der Waals surface area (Å²) in [5.74, 6) is 0. The molecule has 2 aromatic rings. The molecular weight excluding hydrogens is 188 g/mol. The van der Waals surface area contributed by atoms with E-state index in [0.29, 0.717) is 0 Å². The van der Waals surface area contributed by atoms with Gasteiger partial charge in [-0.15, -0.1) is 0 Å². The highest BCUT2D eigenvalue weighted by atomic mass is 16.1. The predicted octanol–water partition coefficient (Wildman–Crippen LogP) is 2.09. The Bertz CT molecular complexity index is 555. The van der Waals surface area contributed by atoms with Gasteiger partial charge in [0, 0.05) is 12.6 Å². The van der Waals surface area contributed by atoms with Gasteiger partial charge in [-0.25, -0.2) is 4.79 Å². The summed E-state index contributed by atoms with van der Waals surface area (Å²) >= 11 is 0. The first-order valence-corrected chi connectivity index (χ1v) is 5.10. The fourth-order valence-corrected chi connectivity index (χ4v) is 1.94. The third-order valence-electron chi connectivity index (χ3n) is 2.63. The average molecular weight is 204 g/mol. The second-order valence-corrected chi connectivity index (χ2v) is 4.84. The first kappa shape index (κ1) is 10.0. The number of rotatable bonds is 0. The smallest absolute Gasteiger partial charge is 0.295 e. The molecule has 0 bridgehead atoms. The summed E-state index contributed by atoms with van der Waals surface area (Å²) in [5.41, 5.74) is 1.84. The third-order valence-corrected chi connectivity index (χ3v) is 2.63. The lowest BCUT2D eigenvalue weighted by Crippen LogP contribution is -2.34. The van der Waals surface area contributed by atoms with Crippen molar-refractivity contribution in [1.29, 1.82) is 0 Å². The molecule has 80 valence electrons. The van der Waals surface area contributed by atoms with Crippen molar-refractivity contribution in [2.75, 3.05) is 0 Å². The fraction of sp³-hybridized carbons (Fsp3) is 0.417. The number of para-hydroxylation sites is 2. The van der Waals surface area contributed by atoms with Gasteiger partial charge in [0.1, 0.15) is 0 Å². The van der Waals surface area contributed by atoms with Gasteiger partial charge in [0.05, 0.1) is 11.0 Å². The summed E-state index contributed by atoms with van der Waals surface area (Å²) in [6.07, 6.45) is 0. The molecule has 1 aromatic heterocycles. The zero-order valence-electron chi connectivity index (χ0n) is 9.61. The van der Waals surface area contributed by atoms with Crippen molar-refractivity contribution in [3.63, 3.8) is 0 Å². The van der Waals surface area contributed by atoms with Gasteiger partial charge in [0.15, 0.2) is 0 Å². The molecule has 0 saturated carbocycles. The van der Waals surface area contributed by atoms with Crippen molar-refractivity contribution >= 4 is 11.0 Å². The molecular formula is C12H16N2O. The van der Waals surface area contributed by atoms with E-state index in [4.69, 9.17) is 0 Å². The van der Waals surface area contributed by atoms with Crippen LogP contribution < -0.4 is 5.69 Å². The van der Waals surface area contributed by atoms with Crippen LogP contribution in [-0.2, 0) is 12.6 Å². The fourth-order valence-electron chi connectivity index (χ4n) is 1.94. The van der Waals surface area contributed by atoms with Crippen LogP contribution in [0.3, 0.4) is 0 Å². The zero-order valence-corrected chi connectivity index (χ0v) is 9.61.